The van der Waals surface area contributed by atoms with Gasteiger partial charge in [0, 0.05) is 18.8 Å². The Morgan fingerprint density at radius 3 is 2.81 bits per heavy atom. The van der Waals surface area contributed by atoms with Crippen molar-refractivity contribution in [3.63, 3.8) is 0 Å². The predicted molar refractivity (Wildman–Crippen MR) is 62.1 cm³/mol. The molecule has 0 fully saturated rings. The number of hydrogen-bond donors (Lipinski definition) is 1. The molecule has 0 aliphatic carbocycles. The zero-order chi connectivity index (χ0) is 12.0. The van der Waals surface area contributed by atoms with Gasteiger partial charge in [0.05, 0.1) is 12.1 Å². The Morgan fingerprint density at radius 2 is 2.31 bits per heavy atom. The van der Waals surface area contributed by atoms with Gasteiger partial charge >= 0.3 is 0 Å². The number of amides is 1. The van der Waals surface area contributed by atoms with E-state index in [1.807, 2.05) is 6.92 Å². The maximum atomic E-state index is 11.9. The number of hydrogen-bond acceptors (Lipinski definition) is 2. The molecule has 16 heavy (non-hydrogen) atoms. The van der Waals surface area contributed by atoms with Crippen LogP contribution in [0.15, 0.2) is 23.1 Å². The van der Waals surface area contributed by atoms with Crippen molar-refractivity contribution in [1.29, 1.82) is 0 Å². The zero-order valence-electron chi connectivity index (χ0n) is 9.19. The van der Waals surface area contributed by atoms with Crippen LogP contribution in [-0.2, 0) is 0 Å². The summed E-state index contributed by atoms with van der Waals surface area (Å²) in [6, 6.07) is 2.83. The number of pyridine rings is 1. The lowest BCUT2D eigenvalue weighted by Crippen LogP contribution is -2.32. The van der Waals surface area contributed by atoms with Crippen molar-refractivity contribution in [3.8, 4) is 12.3 Å². The number of carbonyl (C=O) groups excluding carboxylic acids is 1. The molecule has 1 N–H and O–H groups in total. The SMILES string of the molecule is C#CCN(CCC)C(=O)c1ccc(=O)[nH]c1. The molecule has 0 unspecified atom stereocenters. The van der Waals surface area contributed by atoms with Gasteiger partial charge in [-0.05, 0) is 12.5 Å². The molecule has 1 rings (SSSR count). The highest BCUT2D eigenvalue weighted by Crippen LogP contribution is 2.02. The first-order valence-corrected chi connectivity index (χ1v) is 5.10. The van der Waals surface area contributed by atoms with E-state index in [0.29, 0.717) is 12.1 Å². The molecule has 1 amide bonds. The summed E-state index contributed by atoms with van der Waals surface area (Å²) >= 11 is 0. The van der Waals surface area contributed by atoms with Gasteiger partial charge in [-0.2, -0.15) is 0 Å². The van der Waals surface area contributed by atoms with Crippen LogP contribution < -0.4 is 5.56 Å². The third-order valence-electron chi connectivity index (χ3n) is 2.09. The number of H-pyrrole nitrogens is 1. The first kappa shape index (κ1) is 12.1. The van der Waals surface area contributed by atoms with Gasteiger partial charge in [-0.1, -0.05) is 12.8 Å². The fraction of sp³-hybridized carbons (Fsp3) is 0.333. The highest BCUT2D eigenvalue weighted by molar-refractivity contribution is 5.94. The van der Waals surface area contributed by atoms with Gasteiger partial charge in [0.2, 0.25) is 5.56 Å². The summed E-state index contributed by atoms with van der Waals surface area (Å²) in [5, 5.41) is 0. The third-order valence-corrected chi connectivity index (χ3v) is 2.09. The van der Waals surface area contributed by atoms with Gasteiger partial charge in [0.25, 0.3) is 5.91 Å². The molecule has 0 atom stereocenters. The molecule has 0 aromatic carbocycles. The number of nitrogens with one attached hydrogen (secondary N) is 1. The lowest BCUT2D eigenvalue weighted by Gasteiger charge is -2.19. The zero-order valence-corrected chi connectivity index (χ0v) is 9.19. The van der Waals surface area contributed by atoms with Crippen molar-refractivity contribution < 1.29 is 4.79 Å². The topological polar surface area (TPSA) is 53.2 Å². The molecule has 0 aliphatic heterocycles. The summed E-state index contributed by atoms with van der Waals surface area (Å²) in [6.45, 7) is 2.87. The van der Waals surface area contributed by atoms with E-state index in [0.717, 1.165) is 6.42 Å². The second-order valence-electron chi connectivity index (χ2n) is 3.37. The van der Waals surface area contributed by atoms with Crippen LogP contribution >= 0.6 is 0 Å². The van der Waals surface area contributed by atoms with Gasteiger partial charge in [-0.25, -0.2) is 0 Å². The molecule has 4 heteroatoms. The van der Waals surface area contributed by atoms with Crippen LogP contribution in [-0.4, -0.2) is 28.9 Å². The highest BCUT2D eigenvalue weighted by Gasteiger charge is 2.13. The second-order valence-corrected chi connectivity index (χ2v) is 3.37. The summed E-state index contributed by atoms with van der Waals surface area (Å²) < 4.78 is 0. The molecule has 1 heterocycles. The maximum absolute atomic E-state index is 11.9. The molecule has 0 saturated heterocycles. The molecule has 1 aromatic rings. The Bertz CT molecular complexity index is 436. The molecule has 84 valence electrons. The molecule has 4 nitrogen and oxygen atoms in total. The Balaban J connectivity index is 2.86. The van der Waals surface area contributed by atoms with Crippen LogP contribution in [0, 0.1) is 12.3 Å². The molecule has 0 saturated carbocycles. The third kappa shape index (κ3) is 2.99. The number of carbonyl (C=O) groups is 1. The van der Waals surface area contributed by atoms with Gasteiger partial charge < -0.3 is 9.88 Å². The minimum Gasteiger partial charge on any atom is -0.328 e. The molecule has 0 spiro atoms. The van der Waals surface area contributed by atoms with Gasteiger partial charge in [0.1, 0.15) is 0 Å². The van der Waals surface area contributed by atoms with Crippen molar-refractivity contribution in [2.24, 2.45) is 0 Å². The average Bonchev–Trinajstić information content (AvgIpc) is 2.29. The maximum Gasteiger partial charge on any atom is 0.256 e. The monoisotopic (exact) mass is 218 g/mol. The van der Waals surface area contributed by atoms with E-state index in [2.05, 4.69) is 10.9 Å². The van der Waals surface area contributed by atoms with Crippen molar-refractivity contribution >= 4 is 5.91 Å². The van der Waals surface area contributed by atoms with Crippen LogP contribution in [0.25, 0.3) is 0 Å². The van der Waals surface area contributed by atoms with E-state index < -0.39 is 0 Å². The molecule has 0 bridgehead atoms. The summed E-state index contributed by atoms with van der Waals surface area (Å²) in [6.07, 6.45) is 7.45. The van der Waals surface area contributed by atoms with E-state index >= 15 is 0 Å². The van der Waals surface area contributed by atoms with Crippen LogP contribution in [0.2, 0.25) is 0 Å². The van der Waals surface area contributed by atoms with Crippen molar-refractivity contribution in [2.75, 3.05) is 13.1 Å². The first-order chi connectivity index (χ1) is 7.69. The molecule has 0 radical (unpaired) electrons. The number of aromatic amines is 1. The summed E-state index contributed by atoms with van der Waals surface area (Å²) in [5.74, 6) is 2.29. The van der Waals surface area contributed by atoms with E-state index in [1.54, 1.807) is 4.90 Å². The predicted octanol–water partition coefficient (Wildman–Crippen LogP) is 0.860. The number of terminal acetylenes is 1. The minimum atomic E-state index is -0.226. The molecular formula is C12H14N2O2. The standard InChI is InChI=1S/C12H14N2O2/c1-3-7-14(8-4-2)12(16)10-5-6-11(15)13-9-10/h1,5-6,9H,4,7-8H2,2H3,(H,13,15). The minimum absolute atomic E-state index is 0.156. The normalized spacial score (nSPS) is 9.50. The fourth-order valence-electron chi connectivity index (χ4n) is 1.36. The molecular weight excluding hydrogens is 204 g/mol. The highest BCUT2D eigenvalue weighted by atomic mass is 16.2. The first-order valence-electron chi connectivity index (χ1n) is 5.10. The number of aromatic nitrogens is 1. The summed E-state index contributed by atoms with van der Waals surface area (Å²) in [7, 11) is 0. The van der Waals surface area contributed by atoms with E-state index in [-0.39, 0.29) is 18.0 Å². The van der Waals surface area contributed by atoms with Crippen molar-refractivity contribution in [3.05, 3.63) is 34.2 Å². The van der Waals surface area contributed by atoms with E-state index in [1.165, 1.54) is 18.3 Å². The molecule has 1 aromatic heterocycles. The lowest BCUT2D eigenvalue weighted by molar-refractivity contribution is 0.0776. The lowest BCUT2D eigenvalue weighted by atomic mass is 10.2. The quantitative estimate of drug-likeness (QED) is 0.762. The number of rotatable bonds is 4. The fourth-order valence-corrected chi connectivity index (χ4v) is 1.36. The Hall–Kier alpha value is -2.02. The second kappa shape index (κ2) is 5.76. The Labute approximate surface area is 94.3 Å². The van der Waals surface area contributed by atoms with Crippen LogP contribution in [0.3, 0.4) is 0 Å². The number of nitrogens with zero attached hydrogens (tertiary/aromatic N) is 1. The van der Waals surface area contributed by atoms with Gasteiger partial charge in [-0.3, -0.25) is 9.59 Å². The smallest absolute Gasteiger partial charge is 0.256 e. The van der Waals surface area contributed by atoms with Crippen LogP contribution in [0.5, 0.6) is 0 Å². The van der Waals surface area contributed by atoms with Crippen LogP contribution in [0.1, 0.15) is 23.7 Å². The Kier molecular flexibility index (Phi) is 4.34. The average molecular weight is 218 g/mol. The van der Waals surface area contributed by atoms with E-state index in [4.69, 9.17) is 6.42 Å². The van der Waals surface area contributed by atoms with Crippen LogP contribution in [0.4, 0.5) is 0 Å². The van der Waals surface area contributed by atoms with E-state index in [9.17, 15) is 9.59 Å². The summed E-state index contributed by atoms with van der Waals surface area (Å²) in [5.41, 5.74) is 0.221. The van der Waals surface area contributed by atoms with Crippen molar-refractivity contribution in [2.45, 2.75) is 13.3 Å². The molecule has 0 aliphatic rings. The van der Waals surface area contributed by atoms with Gasteiger partial charge in [0.15, 0.2) is 0 Å². The van der Waals surface area contributed by atoms with Gasteiger partial charge in [-0.15, -0.1) is 6.42 Å². The van der Waals surface area contributed by atoms with Crippen molar-refractivity contribution in [1.82, 2.24) is 9.88 Å². The largest absolute Gasteiger partial charge is 0.328 e. The Morgan fingerprint density at radius 1 is 1.56 bits per heavy atom. The summed E-state index contributed by atoms with van der Waals surface area (Å²) in [4.78, 5) is 26.8.